The molecular formula is C10H9BrN4O2. The van der Waals surface area contributed by atoms with E-state index in [1.54, 1.807) is 24.3 Å². The van der Waals surface area contributed by atoms with Gasteiger partial charge in [-0.3, -0.25) is 0 Å². The average Bonchev–Trinajstić information content (AvgIpc) is 2.55. The van der Waals surface area contributed by atoms with Crippen LogP contribution in [-0.2, 0) is 0 Å². The van der Waals surface area contributed by atoms with Gasteiger partial charge < -0.3 is 16.6 Å². The van der Waals surface area contributed by atoms with E-state index in [9.17, 15) is 4.79 Å². The molecule has 0 saturated carbocycles. The Morgan fingerprint density at radius 3 is 2.35 bits per heavy atom. The van der Waals surface area contributed by atoms with Gasteiger partial charge in [-0.15, -0.1) is 5.10 Å². The minimum absolute atomic E-state index is 0.0114. The first-order valence-corrected chi connectivity index (χ1v) is 5.43. The van der Waals surface area contributed by atoms with E-state index < -0.39 is 5.97 Å². The van der Waals surface area contributed by atoms with Crippen molar-refractivity contribution in [3.63, 3.8) is 0 Å². The molecule has 1 aromatic carbocycles. The summed E-state index contributed by atoms with van der Waals surface area (Å²) in [6.45, 7) is 0. The van der Waals surface area contributed by atoms with Gasteiger partial charge in [0, 0.05) is 4.47 Å². The molecule has 0 aliphatic heterocycles. The van der Waals surface area contributed by atoms with Gasteiger partial charge in [-0.1, -0.05) is 15.9 Å². The summed E-state index contributed by atoms with van der Waals surface area (Å²) >= 11 is 3.30. The molecule has 5 N–H and O–H groups in total. The second-order valence-corrected chi connectivity index (χ2v) is 4.25. The second-order valence-electron chi connectivity index (χ2n) is 3.34. The third-order valence-electron chi connectivity index (χ3n) is 2.23. The number of benzene rings is 1. The van der Waals surface area contributed by atoms with E-state index in [1.807, 2.05) is 0 Å². The van der Waals surface area contributed by atoms with Crippen LogP contribution >= 0.6 is 15.9 Å². The number of rotatable bonds is 2. The van der Waals surface area contributed by atoms with Crippen LogP contribution in [0, 0.1) is 0 Å². The summed E-state index contributed by atoms with van der Waals surface area (Å²) in [5, 5.41) is 12.8. The van der Waals surface area contributed by atoms with Gasteiger partial charge in [0.2, 0.25) is 0 Å². The number of carboxylic acids is 1. The lowest BCUT2D eigenvalue weighted by atomic mass is 10.3. The van der Waals surface area contributed by atoms with Crippen molar-refractivity contribution in [3.8, 4) is 5.69 Å². The lowest BCUT2D eigenvalue weighted by Gasteiger charge is -2.03. The third kappa shape index (κ3) is 1.96. The Morgan fingerprint density at radius 1 is 1.29 bits per heavy atom. The molecule has 0 saturated heterocycles. The molecule has 0 aliphatic carbocycles. The zero-order chi connectivity index (χ0) is 12.6. The van der Waals surface area contributed by atoms with Crippen LogP contribution in [0.3, 0.4) is 0 Å². The fourth-order valence-electron chi connectivity index (χ4n) is 1.45. The van der Waals surface area contributed by atoms with E-state index in [2.05, 4.69) is 21.0 Å². The Kier molecular flexibility index (Phi) is 2.76. The molecule has 2 rings (SSSR count). The number of hydrogen-bond donors (Lipinski definition) is 3. The number of anilines is 2. The Morgan fingerprint density at radius 2 is 1.88 bits per heavy atom. The number of aromatic nitrogens is 2. The van der Waals surface area contributed by atoms with Crippen molar-refractivity contribution in [2.75, 3.05) is 11.5 Å². The van der Waals surface area contributed by atoms with Crippen molar-refractivity contribution >= 4 is 33.5 Å². The largest absolute Gasteiger partial charge is 0.477 e. The molecule has 17 heavy (non-hydrogen) atoms. The van der Waals surface area contributed by atoms with E-state index >= 15 is 0 Å². The normalized spacial score (nSPS) is 10.4. The van der Waals surface area contributed by atoms with Gasteiger partial charge in [-0.25, -0.2) is 9.48 Å². The zero-order valence-electron chi connectivity index (χ0n) is 8.59. The molecule has 0 radical (unpaired) electrons. The smallest absolute Gasteiger partial charge is 0.343 e. The number of carbonyl (C=O) groups is 1. The maximum atomic E-state index is 10.9. The predicted octanol–water partition coefficient (Wildman–Crippen LogP) is 1.50. The Bertz CT molecular complexity index is 577. The summed E-state index contributed by atoms with van der Waals surface area (Å²) in [7, 11) is 0. The van der Waals surface area contributed by atoms with Crippen LogP contribution in [0.2, 0.25) is 0 Å². The number of aromatic carboxylic acids is 1. The Hall–Kier alpha value is -2.02. The highest BCUT2D eigenvalue weighted by molar-refractivity contribution is 9.10. The van der Waals surface area contributed by atoms with Crippen LogP contribution < -0.4 is 11.5 Å². The van der Waals surface area contributed by atoms with Crippen molar-refractivity contribution < 1.29 is 9.90 Å². The van der Waals surface area contributed by atoms with E-state index in [-0.39, 0.29) is 17.2 Å². The highest BCUT2D eigenvalue weighted by Gasteiger charge is 2.20. The van der Waals surface area contributed by atoms with Crippen LogP contribution in [0.15, 0.2) is 28.7 Å². The van der Waals surface area contributed by atoms with Crippen LogP contribution in [0.1, 0.15) is 10.4 Å². The fourth-order valence-corrected chi connectivity index (χ4v) is 1.71. The molecule has 0 spiro atoms. The summed E-state index contributed by atoms with van der Waals surface area (Å²) in [5.41, 5.74) is 11.7. The van der Waals surface area contributed by atoms with E-state index in [1.165, 1.54) is 4.68 Å². The van der Waals surface area contributed by atoms with Gasteiger partial charge >= 0.3 is 5.97 Å². The van der Waals surface area contributed by atoms with Gasteiger partial charge in [0.25, 0.3) is 0 Å². The Balaban J connectivity index is 2.57. The molecule has 0 fully saturated rings. The molecule has 0 bridgehead atoms. The van der Waals surface area contributed by atoms with Gasteiger partial charge in [0.05, 0.1) is 5.69 Å². The first-order chi connectivity index (χ1) is 8.00. The minimum Gasteiger partial charge on any atom is -0.477 e. The topological polar surface area (TPSA) is 107 Å². The molecule has 7 heteroatoms. The number of halogens is 1. The summed E-state index contributed by atoms with van der Waals surface area (Å²) in [6.07, 6.45) is 0. The first-order valence-electron chi connectivity index (χ1n) is 4.64. The molecule has 0 unspecified atom stereocenters. The lowest BCUT2D eigenvalue weighted by molar-refractivity contribution is 0.0699. The number of nitrogens with zero attached hydrogens (tertiary/aromatic N) is 2. The number of nitrogens with two attached hydrogens (primary N) is 2. The maximum Gasteiger partial charge on any atom is 0.343 e. The summed E-state index contributed by atoms with van der Waals surface area (Å²) in [6, 6.07) is 7.09. The Labute approximate surface area is 105 Å². The molecular weight excluding hydrogens is 288 g/mol. The predicted molar refractivity (Wildman–Crippen MR) is 67.0 cm³/mol. The van der Waals surface area contributed by atoms with E-state index in [0.717, 1.165) is 4.47 Å². The van der Waals surface area contributed by atoms with Gasteiger partial charge in [0.1, 0.15) is 11.4 Å². The average molecular weight is 297 g/mol. The second kappa shape index (κ2) is 4.10. The van der Waals surface area contributed by atoms with Crippen LogP contribution in [0.4, 0.5) is 11.6 Å². The van der Waals surface area contributed by atoms with Crippen molar-refractivity contribution in [1.82, 2.24) is 9.78 Å². The molecule has 6 nitrogen and oxygen atoms in total. The first kappa shape index (κ1) is 11.5. The standard InChI is InChI=1S/C10H9BrN4O2/c11-5-1-3-6(4-2-5)15-9(13)7(10(16)17)8(12)14-15/h1-4H,13H2,(H2,12,14)(H,16,17). The van der Waals surface area contributed by atoms with Crippen molar-refractivity contribution in [2.24, 2.45) is 0 Å². The van der Waals surface area contributed by atoms with E-state index in [0.29, 0.717) is 5.69 Å². The quantitative estimate of drug-likeness (QED) is 0.778. The van der Waals surface area contributed by atoms with Crippen molar-refractivity contribution in [1.29, 1.82) is 0 Å². The molecule has 0 atom stereocenters. The SMILES string of the molecule is Nc1nn(-c2ccc(Br)cc2)c(N)c1C(=O)O. The van der Waals surface area contributed by atoms with Crippen molar-refractivity contribution in [2.45, 2.75) is 0 Å². The third-order valence-corrected chi connectivity index (χ3v) is 2.76. The molecule has 1 heterocycles. The number of hydrogen-bond acceptors (Lipinski definition) is 4. The summed E-state index contributed by atoms with van der Waals surface area (Å²) in [4.78, 5) is 10.9. The fraction of sp³-hybridized carbons (Fsp3) is 0. The van der Waals surface area contributed by atoms with E-state index in [4.69, 9.17) is 16.6 Å². The molecule has 1 aromatic heterocycles. The molecule has 0 amide bonds. The molecule has 88 valence electrons. The maximum absolute atomic E-state index is 10.9. The van der Waals surface area contributed by atoms with Gasteiger partial charge in [-0.2, -0.15) is 0 Å². The summed E-state index contributed by atoms with van der Waals surface area (Å²) in [5.74, 6) is -1.28. The molecule has 0 aliphatic rings. The van der Waals surface area contributed by atoms with Gasteiger partial charge in [0.15, 0.2) is 5.82 Å². The number of nitrogen functional groups attached to an aromatic ring is 2. The monoisotopic (exact) mass is 296 g/mol. The van der Waals surface area contributed by atoms with Gasteiger partial charge in [-0.05, 0) is 24.3 Å². The van der Waals surface area contributed by atoms with Crippen LogP contribution in [0.25, 0.3) is 5.69 Å². The minimum atomic E-state index is -1.19. The highest BCUT2D eigenvalue weighted by atomic mass is 79.9. The summed E-state index contributed by atoms with van der Waals surface area (Å²) < 4.78 is 2.20. The van der Waals surface area contributed by atoms with Crippen molar-refractivity contribution in [3.05, 3.63) is 34.3 Å². The molecule has 2 aromatic rings. The van der Waals surface area contributed by atoms with Crippen LogP contribution in [0.5, 0.6) is 0 Å². The highest BCUT2D eigenvalue weighted by Crippen LogP contribution is 2.23. The number of carboxylic acid groups (broad SMARTS) is 1. The van der Waals surface area contributed by atoms with Crippen LogP contribution in [-0.4, -0.2) is 20.9 Å². The lowest BCUT2D eigenvalue weighted by Crippen LogP contribution is -2.05. The zero-order valence-corrected chi connectivity index (χ0v) is 10.2.